The molecule has 0 radical (unpaired) electrons. The highest BCUT2D eigenvalue weighted by molar-refractivity contribution is 6.33. The zero-order valence-electron chi connectivity index (χ0n) is 15.9. The molecule has 0 aliphatic heterocycles. The highest BCUT2D eigenvalue weighted by atomic mass is 35.5. The minimum atomic E-state index is 0.344. The number of halogens is 1. The lowest BCUT2D eigenvalue weighted by Gasteiger charge is -2.02. The Morgan fingerprint density at radius 3 is 2.11 bits per heavy atom. The largest absolute Gasteiger partial charge is 0.396 e. The van der Waals surface area contributed by atoms with E-state index in [1.165, 1.54) is 19.0 Å². The lowest BCUT2D eigenvalue weighted by Crippen LogP contribution is -2.02. The molecule has 0 bridgehead atoms. The maximum absolute atomic E-state index is 8.07. The fraction of sp³-hybridized carbons (Fsp3) is 0.412. The lowest BCUT2D eigenvalue weighted by molar-refractivity contribution is 0.287. The predicted octanol–water partition coefficient (Wildman–Crippen LogP) is 2.96. The van der Waals surface area contributed by atoms with E-state index >= 15 is 0 Å². The van der Waals surface area contributed by atoms with Gasteiger partial charge in [0.25, 0.3) is 0 Å². The van der Waals surface area contributed by atoms with Gasteiger partial charge in [0.1, 0.15) is 23.7 Å². The molecule has 0 saturated carbocycles. The molecule has 0 atom stereocenters. The molecule has 0 aliphatic carbocycles. The Hall–Kier alpha value is -2.85. The molecule has 0 aromatic carbocycles. The first-order chi connectivity index (χ1) is 13.7. The number of imidazole rings is 2. The van der Waals surface area contributed by atoms with Crippen molar-refractivity contribution in [2.24, 2.45) is 0 Å². The lowest BCUT2D eigenvalue weighted by atomic mass is 10.4. The maximum atomic E-state index is 8.07. The number of aliphatic hydroxyl groups excluding tert-OH is 1. The number of nitrogens with one attached hydrogen (secondary N) is 3. The maximum Gasteiger partial charge on any atom is 0.182 e. The number of unbranched alkanes of at least 4 members (excludes halogenated alkanes) is 1. The average molecular weight is 406 g/mol. The highest BCUT2D eigenvalue weighted by Gasteiger charge is 2.03. The number of aliphatic hydroxyl groups is 1. The Bertz CT molecular complexity index is 954. The Kier molecular flexibility index (Phi) is 9.02. The molecule has 0 fully saturated rings. The topological polar surface area (TPSA) is 141 Å². The number of rotatable bonds is 5. The van der Waals surface area contributed by atoms with Gasteiger partial charge in [0.2, 0.25) is 0 Å². The molecule has 4 N–H and O–H groups in total. The van der Waals surface area contributed by atoms with Crippen LogP contribution in [0.15, 0.2) is 25.3 Å². The summed E-state index contributed by atoms with van der Waals surface area (Å²) < 4.78 is 0. The van der Waals surface area contributed by atoms with E-state index < -0.39 is 0 Å². The quantitative estimate of drug-likeness (QED) is 0.371. The highest BCUT2D eigenvalue weighted by Crippen LogP contribution is 2.14. The van der Waals surface area contributed by atoms with Crippen molar-refractivity contribution >= 4 is 39.7 Å². The van der Waals surface area contributed by atoms with E-state index in [4.69, 9.17) is 16.7 Å². The molecule has 4 heterocycles. The van der Waals surface area contributed by atoms with E-state index in [2.05, 4.69) is 59.0 Å². The van der Waals surface area contributed by atoms with Gasteiger partial charge in [-0.2, -0.15) is 0 Å². The van der Waals surface area contributed by atoms with Gasteiger partial charge in [0.05, 0.1) is 12.7 Å². The van der Waals surface area contributed by atoms with Gasteiger partial charge < -0.3 is 20.4 Å². The van der Waals surface area contributed by atoms with Gasteiger partial charge in [0, 0.05) is 13.2 Å². The Balaban J connectivity index is 0.000000166. The summed E-state index contributed by atoms with van der Waals surface area (Å²) in [7, 11) is 0. The summed E-state index contributed by atoms with van der Waals surface area (Å²) in [6.45, 7) is 5.41. The normalized spacial score (nSPS) is 10.1. The minimum Gasteiger partial charge on any atom is -0.396 e. The summed E-state index contributed by atoms with van der Waals surface area (Å²) in [6, 6.07) is 0. The molecular formula is C17H24ClN9O. The van der Waals surface area contributed by atoms with Crippen LogP contribution in [0.5, 0.6) is 0 Å². The van der Waals surface area contributed by atoms with Crippen molar-refractivity contribution in [1.82, 2.24) is 39.9 Å². The molecule has 28 heavy (non-hydrogen) atoms. The molecule has 0 saturated heterocycles. The summed E-state index contributed by atoms with van der Waals surface area (Å²) in [4.78, 5) is 29.5. The zero-order chi connectivity index (χ0) is 20.2. The summed E-state index contributed by atoms with van der Waals surface area (Å²) in [5, 5.41) is 11.7. The smallest absolute Gasteiger partial charge is 0.182 e. The third-order valence-corrected chi connectivity index (χ3v) is 3.74. The van der Waals surface area contributed by atoms with E-state index in [0.29, 0.717) is 28.6 Å². The van der Waals surface area contributed by atoms with E-state index in [-0.39, 0.29) is 0 Å². The Labute approximate surface area is 167 Å². The second-order valence-electron chi connectivity index (χ2n) is 5.59. The van der Waals surface area contributed by atoms with Gasteiger partial charge in [0.15, 0.2) is 22.3 Å². The summed E-state index contributed by atoms with van der Waals surface area (Å²) in [6.07, 6.45) is 9.16. The van der Waals surface area contributed by atoms with Gasteiger partial charge in [-0.05, 0) is 12.8 Å². The minimum absolute atomic E-state index is 0.344. The number of fused-ring (bicyclic) bond motifs is 2. The summed E-state index contributed by atoms with van der Waals surface area (Å²) in [5.41, 5.74) is 2.86. The number of hydrogen-bond donors (Lipinski definition) is 4. The van der Waals surface area contributed by atoms with E-state index in [0.717, 1.165) is 37.1 Å². The fourth-order valence-electron chi connectivity index (χ4n) is 2.04. The van der Waals surface area contributed by atoms with Crippen LogP contribution in [0.3, 0.4) is 0 Å². The monoisotopic (exact) mass is 405 g/mol. The van der Waals surface area contributed by atoms with Crippen molar-refractivity contribution in [3.05, 3.63) is 30.5 Å². The first-order valence-corrected chi connectivity index (χ1v) is 9.37. The zero-order valence-corrected chi connectivity index (χ0v) is 16.6. The van der Waals surface area contributed by atoms with Gasteiger partial charge >= 0.3 is 0 Å². The van der Waals surface area contributed by atoms with Crippen molar-refractivity contribution in [2.45, 2.75) is 33.1 Å². The number of nitrogens with zero attached hydrogens (tertiary/aromatic N) is 6. The van der Waals surface area contributed by atoms with Crippen LogP contribution in [0.2, 0.25) is 5.15 Å². The van der Waals surface area contributed by atoms with Crippen LogP contribution in [0, 0.1) is 0 Å². The Morgan fingerprint density at radius 2 is 1.54 bits per heavy atom. The molecular weight excluding hydrogens is 382 g/mol. The van der Waals surface area contributed by atoms with Gasteiger partial charge in [-0.3, -0.25) is 0 Å². The van der Waals surface area contributed by atoms with Crippen LogP contribution < -0.4 is 5.32 Å². The van der Waals surface area contributed by atoms with E-state index in [1.807, 2.05) is 0 Å². The molecule has 4 aromatic rings. The second-order valence-corrected chi connectivity index (χ2v) is 5.95. The average Bonchev–Trinajstić information content (AvgIpc) is 3.38. The van der Waals surface area contributed by atoms with Gasteiger partial charge in [-0.1, -0.05) is 31.9 Å². The third kappa shape index (κ3) is 6.10. The summed E-state index contributed by atoms with van der Waals surface area (Å²) in [5.74, 6) is 0.823. The van der Waals surface area contributed by atoms with Crippen LogP contribution in [0.25, 0.3) is 22.3 Å². The molecule has 4 rings (SSSR count). The fourth-order valence-corrected chi connectivity index (χ4v) is 2.22. The van der Waals surface area contributed by atoms with Crippen LogP contribution in [-0.2, 0) is 0 Å². The van der Waals surface area contributed by atoms with Crippen LogP contribution in [0.4, 0.5) is 5.82 Å². The molecule has 10 nitrogen and oxygen atoms in total. The Morgan fingerprint density at radius 1 is 0.893 bits per heavy atom. The third-order valence-electron chi connectivity index (χ3n) is 3.45. The van der Waals surface area contributed by atoms with E-state index in [1.54, 1.807) is 6.33 Å². The van der Waals surface area contributed by atoms with Gasteiger partial charge in [-0.25, -0.2) is 29.9 Å². The van der Waals surface area contributed by atoms with Crippen molar-refractivity contribution in [2.75, 3.05) is 18.5 Å². The van der Waals surface area contributed by atoms with Crippen molar-refractivity contribution in [3.63, 3.8) is 0 Å². The molecule has 0 unspecified atom stereocenters. The first-order valence-electron chi connectivity index (χ1n) is 8.99. The number of hydrogen-bond acceptors (Lipinski definition) is 8. The van der Waals surface area contributed by atoms with Crippen molar-refractivity contribution in [1.29, 1.82) is 0 Å². The van der Waals surface area contributed by atoms with Crippen molar-refractivity contribution < 1.29 is 5.11 Å². The van der Waals surface area contributed by atoms with E-state index in [9.17, 15) is 0 Å². The molecule has 0 spiro atoms. The SMILES string of the molecule is CCCCO.CCCNc1ncnc2nc[nH]c12.Clc1ncnc2nc[nH]c12. The number of H-pyrrole nitrogens is 2. The molecule has 0 amide bonds. The number of anilines is 1. The summed E-state index contributed by atoms with van der Waals surface area (Å²) >= 11 is 5.68. The molecule has 0 aliphatic rings. The molecule has 11 heteroatoms. The first kappa shape index (κ1) is 21.5. The predicted molar refractivity (Wildman–Crippen MR) is 109 cm³/mol. The van der Waals surface area contributed by atoms with Crippen LogP contribution in [0.1, 0.15) is 33.1 Å². The number of aromatic nitrogens is 8. The van der Waals surface area contributed by atoms with Gasteiger partial charge in [-0.15, -0.1) is 0 Å². The second kappa shape index (κ2) is 11.8. The van der Waals surface area contributed by atoms with Crippen molar-refractivity contribution in [3.8, 4) is 0 Å². The molecule has 150 valence electrons. The number of aromatic amines is 2. The standard InChI is InChI=1S/C8H11N5.C5H3ClN4.C4H10O/c1-2-3-9-7-6-8(11-4-10-6)13-5-12-7;6-4-3-5(9-1-7-3)10-2-8-4;1-2-3-4-5/h4-5H,2-3H2,1H3,(H2,9,10,11,12,13);1-2H,(H,7,8,9,10);5H,2-4H2,1H3. The molecule has 4 aromatic heterocycles. The van der Waals surface area contributed by atoms with Crippen LogP contribution in [-0.4, -0.2) is 58.1 Å². The van der Waals surface area contributed by atoms with Crippen LogP contribution >= 0.6 is 11.6 Å².